The molecule has 3 rings (SSSR count). The van der Waals surface area contributed by atoms with Crippen LogP contribution in [0.15, 0.2) is 53.4 Å². The molecular weight excluding hydrogens is 397 g/mol. The molecule has 0 amide bonds. The van der Waals surface area contributed by atoms with Gasteiger partial charge < -0.3 is 10.5 Å². The quantitative estimate of drug-likeness (QED) is 0.760. The first-order valence-electron chi connectivity index (χ1n) is 7.94. The highest BCUT2D eigenvalue weighted by molar-refractivity contribution is 7.92. The van der Waals surface area contributed by atoms with Crippen LogP contribution in [-0.4, -0.2) is 31.8 Å². The van der Waals surface area contributed by atoms with Crippen molar-refractivity contribution in [1.82, 2.24) is 0 Å². The van der Waals surface area contributed by atoms with E-state index >= 15 is 0 Å². The van der Waals surface area contributed by atoms with Crippen molar-refractivity contribution in [2.45, 2.75) is 28.5 Å². The van der Waals surface area contributed by atoms with Crippen LogP contribution in [0, 0.1) is 0 Å². The number of carbonyl (C=O) groups excluding carboxylic acids is 1. The zero-order valence-corrected chi connectivity index (χ0v) is 16.2. The summed E-state index contributed by atoms with van der Waals surface area (Å²) in [5, 5.41) is -0.208. The van der Waals surface area contributed by atoms with Crippen LogP contribution in [0.4, 0.5) is 0 Å². The van der Waals surface area contributed by atoms with Crippen molar-refractivity contribution in [2.75, 3.05) is 6.61 Å². The first kappa shape index (κ1) is 19.2. The normalized spacial score (nSPS) is 24.9. The van der Waals surface area contributed by atoms with Crippen molar-refractivity contribution < 1.29 is 17.9 Å². The minimum atomic E-state index is -3.88. The number of halogens is 2. The monoisotopic (exact) mass is 413 g/mol. The zero-order chi connectivity index (χ0) is 19.1. The van der Waals surface area contributed by atoms with Crippen LogP contribution >= 0.6 is 23.2 Å². The van der Waals surface area contributed by atoms with Crippen molar-refractivity contribution in [2.24, 2.45) is 5.73 Å². The number of benzene rings is 2. The second-order valence-electron chi connectivity index (χ2n) is 6.10. The Morgan fingerprint density at radius 1 is 1.08 bits per heavy atom. The van der Waals surface area contributed by atoms with Gasteiger partial charge in [0, 0.05) is 16.0 Å². The van der Waals surface area contributed by atoms with Crippen LogP contribution in [0.2, 0.25) is 10.0 Å². The molecule has 2 N–H and O–H groups in total. The molecule has 0 aliphatic heterocycles. The molecule has 1 aliphatic carbocycles. The summed E-state index contributed by atoms with van der Waals surface area (Å²) < 4.78 is 31.3. The van der Waals surface area contributed by atoms with E-state index < -0.39 is 32.5 Å². The van der Waals surface area contributed by atoms with Gasteiger partial charge in [-0.1, -0.05) is 35.3 Å². The lowest BCUT2D eigenvalue weighted by molar-refractivity contribution is -0.145. The Morgan fingerprint density at radius 2 is 1.58 bits per heavy atom. The molecule has 0 bridgehead atoms. The molecule has 26 heavy (non-hydrogen) atoms. The van der Waals surface area contributed by atoms with Crippen LogP contribution in [-0.2, 0) is 19.4 Å². The van der Waals surface area contributed by atoms with E-state index in [1.54, 1.807) is 31.2 Å². The number of carbonyl (C=O) groups is 1. The van der Waals surface area contributed by atoms with Gasteiger partial charge in [0.15, 0.2) is 9.84 Å². The molecule has 0 unspecified atom stereocenters. The summed E-state index contributed by atoms with van der Waals surface area (Å²) >= 11 is 11.7. The molecule has 8 heteroatoms. The van der Waals surface area contributed by atoms with Gasteiger partial charge in [-0.15, -0.1) is 0 Å². The SMILES string of the molecule is CCOC(=O)[C@]1(N)[C@H](c2ccc(Cl)cc2)[C@H]1S(=O)(=O)c1ccc(Cl)cc1. The van der Waals surface area contributed by atoms with Gasteiger partial charge in [0.05, 0.1) is 11.5 Å². The number of hydrogen-bond acceptors (Lipinski definition) is 5. The molecule has 0 saturated heterocycles. The Kier molecular flexibility index (Phi) is 5.05. The molecule has 0 aromatic heterocycles. The maximum Gasteiger partial charge on any atom is 0.328 e. The summed E-state index contributed by atoms with van der Waals surface area (Å²) in [6.45, 7) is 1.75. The average Bonchev–Trinajstić information content (AvgIpc) is 3.25. The number of sulfone groups is 1. The van der Waals surface area contributed by atoms with Crippen LogP contribution in [0.3, 0.4) is 0 Å². The number of hydrogen-bond donors (Lipinski definition) is 1. The minimum absolute atomic E-state index is 0.0579. The third-order valence-electron chi connectivity index (χ3n) is 4.51. The fraction of sp³-hybridized carbons (Fsp3) is 0.278. The van der Waals surface area contributed by atoms with E-state index in [4.69, 9.17) is 33.7 Å². The molecular formula is C18H17Cl2NO4S. The Morgan fingerprint density at radius 3 is 2.08 bits per heavy atom. The summed E-state index contributed by atoms with van der Waals surface area (Å²) in [4.78, 5) is 12.5. The Bertz CT molecular complexity index is 929. The van der Waals surface area contributed by atoms with E-state index in [2.05, 4.69) is 0 Å². The molecule has 138 valence electrons. The highest BCUT2D eigenvalue weighted by Gasteiger charge is 2.74. The number of nitrogens with two attached hydrogens (primary N) is 1. The van der Waals surface area contributed by atoms with Gasteiger partial charge in [0.25, 0.3) is 0 Å². The van der Waals surface area contributed by atoms with E-state index in [9.17, 15) is 13.2 Å². The maximum absolute atomic E-state index is 13.1. The van der Waals surface area contributed by atoms with E-state index in [-0.39, 0.29) is 11.5 Å². The Labute approximate surface area is 162 Å². The third-order valence-corrected chi connectivity index (χ3v) is 7.28. The van der Waals surface area contributed by atoms with E-state index in [1.165, 1.54) is 24.3 Å². The molecule has 1 fully saturated rings. The predicted octanol–water partition coefficient (Wildman–Crippen LogP) is 3.19. The van der Waals surface area contributed by atoms with Gasteiger partial charge in [0.1, 0.15) is 10.8 Å². The van der Waals surface area contributed by atoms with E-state index in [0.29, 0.717) is 15.6 Å². The number of rotatable bonds is 5. The van der Waals surface area contributed by atoms with Crippen molar-refractivity contribution in [3.05, 3.63) is 64.1 Å². The average molecular weight is 414 g/mol. The lowest BCUT2D eigenvalue weighted by Crippen LogP contribution is -2.41. The van der Waals surface area contributed by atoms with Gasteiger partial charge >= 0.3 is 5.97 Å². The highest BCUT2D eigenvalue weighted by Crippen LogP contribution is 2.56. The fourth-order valence-corrected chi connectivity index (χ4v) is 5.68. The van der Waals surface area contributed by atoms with Crippen LogP contribution < -0.4 is 5.73 Å². The third kappa shape index (κ3) is 3.11. The fourth-order valence-electron chi connectivity index (χ4n) is 3.20. The first-order valence-corrected chi connectivity index (χ1v) is 10.2. The summed E-state index contributed by atoms with van der Waals surface area (Å²) in [6, 6.07) is 12.4. The zero-order valence-electron chi connectivity index (χ0n) is 13.9. The van der Waals surface area contributed by atoms with E-state index in [1.807, 2.05) is 0 Å². The second-order valence-corrected chi connectivity index (χ2v) is 9.04. The lowest BCUT2D eigenvalue weighted by Gasteiger charge is -2.11. The predicted molar refractivity (Wildman–Crippen MR) is 100 cm³/mol. The summed E-state index contributed by atoms with van der Waals surface area (Å²) in [7, 11) is -3.88. The summed E-state index contributed by atoms with van der Waals surface area (Å²) in [5.74, 6) is -1.46. The van der Waals surface area contributed by atoms with Gasteiger partial charge in [-0.25, -0.2) is 13.2 Å². The van der Waals surface area contributed by atoms with Gasteiger partial charge in [-0.3, -0.25) is 0 Å². The van der Waals surface area contributed by atoms with E-state index in [0.717, 1.165) is 0 Å². The van der Waals surface area contributed by atoms with Gasteiger partial charge in [-0.05, 0) is 48.9 Å². The molecule has 1 aliphatic rings. The molecule has 2 aromatic rings. The van der Waals surface area contributed by atoms with Crippen molar-refractivity contribution in [3.63, 3.8) is 0 Å². The van der Waals surface area contributed by atoms with Gasteiger partial charge in [0.2, 0.25) is 0 Å². The smallest absolute Gasteiger partial charge is 0.328 e. The van der Waals surface area contributed by atoms with Crippen molar-refractivity contribution >= 4 is 39.0 Å². The molecule has 2 aromatic carbocycles. The molecule has 0 spiro atoms. The largest absolute Gasteiger partial charge is 0.465 e. The van der Waals surface area contributed by atoms with Crippen molar-refractivity contribution in [3.8, 4) is 0 Å². The number of esters is 1. The molecule has 0 heterocycles. The Hall–Kier alpha value is -1.60. The summed E-state index contributed by atoms with van der Waals surface area (Å²) in [6.07, 6.45) is 0. The van der Waals surface area contributed by atoms with Crippen LogP contribution in [0.5, 0.6) is 0 Å². The molecule has 0 radical (unpaired) electrons. The lowest BCUT2D eigenvalue weighted by atomic mass is 10.1. The molecule has 5 nitrogen and oxygen atoms in total. The van der Waals surface area contributed by atoms with Gasteiger partial charge in [-0.2, -0.15) is 0 Å². The highest BCUT2D eigenvalue weighted by atomic mass is 35.5. The number of ether oxygens (including phenoxy) is 1. The van der Waals surface area contributed by atoms with Crippen molar-refractivity contribution in [1.29, 1.82) is 0 Å². The maximum atomic E-state index is 13.1. The molecule has 1 saturated carbocycles. The first-order chi connectivity index (χ1) is 12.2. The second kappa shape index (κ2) is 6.85. The standard InChI is InChI=1S/C18H17Cl2NO4S/c1-2-25-17(22)18(21)15(11-3-5-12(19)6-4-11)16(18)26(23,24)14-9-7-13(20)8-10-14/h3-10,15-16H,2,21H2,1H3/t15-,16-,18+/m1/s1. The van der Waals surface area contributed by atoms with Crippen LogP contribution in [0.1, 0.15) is 18.4 Å². The Balaban J connectivity index is 2.06. The summed E-state index contributed by atoms with van der Waals surface area (Å²) in [5.41, 5.74) is 5.24. The van der Waals surface area contributed by atoms with Crippen LogP contribution in [0.25, 0.3) is 0 Å². The minimum Gasteiger partial charge on any atom is -0.465 e. The molecule has 3 atom stereocenters. The topological polar surface area (TPSA) is 86.5 Å².